The summed E-state index contributed by atoms with van der Waals surface area (Å²) in [4.78, 5) is 12.5. The van der Waals surface area contributed by atoms with Crippen LogP contribution in [0.15, 0.2) is 78.9 Å². The second-order valence-electron chi connectivity index (χ2n) is 5.76. The second kappa shape index (κ2) is 10.1. The Balaban J connectivity index is 2.19. The number of hydrogen-bond donors (Lipinski definition) is 0. The SMILES string of the molecule is COC(=O)c1ccc([B][B][B]I)cc1P(c1ccccc1)c1ccccc1. The first kappa shape index (κ1) is 20.2. The average Bonchev–Trinajstić information content (AvgIpc) is 2.73. The molecule has 3 aromatic rings. The van der Waals surface area contributed by atoms with E-state index in [4.69, 9.17) is 4.74 Å². The number of methoxy groups -OCH3 is 1. The summed E-state index contributed by atoms with van der Waals surface area (Å²) in [6.45, 7) is 0. The molecular weight excluding hydrogens is 463 g/mol. The van der Waals surface area contributed by atoms with Crippen LogP contribution in [0, 0.1) is 0 Å². The lowest BCUT2D eigenvalue weighted by Gasteiger charge is -2.22. The molecule has 0 aliphatic carbocycles. The van der Waals surface area contributed by atoms with E-state index in [0.717, 1.165) is 10.8 Å². The highest BCUT2D eigenvalue weighted by Gasteiger charge is 2.23. The third-order valence-corrected chi connectivity index (χ3v) is 6.95. The molecule has 0 aliphatic heterocycles. The minimum absolute atomic E-state index is 0.305. The molecule has 0 N–H and O–H groups in total. The Hall–Kier alpha value is -1.52. The van der Waals surface area contributed by atoms with E-state index < -0.39 is 7.92 Å². The van der Waals surface area contributed by atoms with Crippen molar-refractivity contribution < 1.29 is 9.53 Å². The lowest BCUT2D eigenvalue weighted by Crippen LogP contribution is -2.32. The maximum atomic E-state index is 12.5. The van der Waals surface area contributed by atoms with Crippen molar-refractivity contribution in [3.8, 4) is 0 Å². The van der Waals surface area contributed by atoms with Crippen LogP contribution in [0.25, 0.3) is 0 Å². The van der Waals surface area contributed by atoms with Crippen LogP contribution in [0.1, 0.15) is 10.4 Å². The Morgan fingerprint density at radius 1 is 0.926 bits per heavy atom. The van der Waals surface area contributed by atoms with Gasteiger partial charge in [0.05, 0.1) is 19.8 Å². The minimum Gasteiger partial charge on any atom is -0.465 e. The lowest BCUT2D eigenvalue weighted by molar-refractivity contribution is 0.0602. The number of esters is 1. The maximum absolute atomic E-state index is 12.5. The topological polar surface area (TPSA) is 26.3 Å². The van der Waals surface area contributed by atoms with Gasteiger partial charge in [0.1, 0.15) is 5.03 Å². The van der Waals surface area contributed by atoms with Crippen LogP contribution in [0.5, 0.6) is 0 Å². The Morgan fingerprint density at radius 2 is 1.52 bits per heavy atom. The molecule has 3 radical (unpaired) electrons. The summed E-state index contributed by atoms with van der Waals surface area (Å²) >= 11 is 2.20. The van der Waals surface area contributed by atoms with Crippen LogP contribution in [-0.4, -0.2) is 32.3 Å². The molecule has 0 aromatic heterocycles. The van der Waals surface area contributed by atoms with Crippen LogP contribution >= 0.6 is 30.3 Å². The molecule has 27 heavy (non-hydrogen) atoms. The van der Waals surface area contributed by atoms with Crippen molar-refractivity contribution in [3.63, 3.8) is 0 Å². The molecule has 7 heteroatoms. The monoisotopic (exact) mass is 479 g/mol. The zero-order valence-corrected chi connectivity index (χ0v) is 17.9. The van der Waals surface area contributed by atoms with Crippen LogP contribution in [0.2, 0.25) is 0 Å². The highest BCUT2D eigenvalue weighted by Crippen LogP contribution is 2.33. The van der Waals surface area contributed by atoms with E-state index in [1.54, 1.807) is 0 Å². The van der Waals surface area contributed by atoms with Crippen LogP contribution < -0.4 is 21.4 Å². The summed E-state index contributed by atoms with van der Waals surface area (Å²) < 4.78 is 5.07. The summed E-state index contributed by atoms with van der Waals surface area (Å²) in [6, 6.07) is 26.6. The summed E-state index contributed by atoms with van der Waals surface area (Å²) in [7, 11) is 4.58. The molecule has 0 atom stereocenters. The van der Waals surface area contributed by atoms with E-state index in [1.165, 1.54) is 17.7 Å². The van der Waals surface area contributed by atoms with E-state index in [1.807, 2.05) is 67.8 Å². The van der Waals surface area contributed by atoms with Crippen LogP contribution in [-0.2, 0) is 4.74 Å². The fourth-order valence-corrected chi connectivity index (χ4v) is 5.54. The van der Waals surface area contributed by atoms with Gasteiger partial charge in [-0.15, -0.1) is 0 Å². The van der Waals surface area contributed by atoms with Gasteiger partial charge in [0.15, 0.2) is 0 Å². The molecule has 3 aromatic carbocycles. The Kier molecular flexibility index (Phi) is 7.60. The normalized spacial score (nSPS) is 10.3. The smallest absolute Gasteiger partial charge is 0.338 e. The molecule has 0 unspecified atom stereocenters. The zero-order chi connectivity index (χ0) is 19.1. The third-order valence-electron chi connectivity index (χ3n) is 4.06. The van der Waals surface area contributed by atoms with Gasteiger partial charge in [0, 0.05) is 7.06 Å². The molecular formula is C20H16B3IO2P. The van der Waals surface area contributed by atoms with E-state index in [-0.39, 0.29) is 5.97 Å². The third kappa shape index (κ3) is 5.06. The fourth-order valence-electron chi connectivity index (χ4n) is 2.85. The second-order valence-corrected chi connectivity index (χ2v) is 8.66. The summed E-state index contributed by atoms with van der Waals surface area (Å²) in [5.74, 6) is -0.305. The van der Waals surface area contributed by atoms with Gasteiger partial charge in [-0.2, -0.15) is 22.4 Å². The van der Waals surface area contributed by atoms with E-state index in [0.29, 0.717) is 5.56 Å². The molecule has 0 fully saturated rings. The molecule has 0 saturated heterocycles. The van der Waals surface area contributed by atoms with Gasteiger partial charge in [-0.3, -0.25) is 0 Å². The fraction of sp³-hybridized carbons (Fsp3) is 0.0500. The Bertz CT molecular complexity index is 855. The summed E-state index contributed by atoms with van der Waals surface area (Å²) in [6.07, 6.45) is 0. The van der Waals surface area contributed by atoms with Gasteiger partial charge in [-0.05, 0) is 29.9 Å². The highest BCUT2D eigenvalue weighted by atomic mass is 127. The van der Waals surface area contributed by atoms with Crippen LogP contribution in [0.4, 0.5) is 0 Å². The van der Waals surface area contributed by atoms with Crippen molar-refractivity contribution in [2.24, 2.45) is 0 Å². The van der Waals surface area contributed by atoms with Crippen molar-refractivity contribution in [2.75, 3.05) is 7.11 Å². The molecule has 0 aliphatic rings. The zero-order valence-electron chi connectivity index (χ0n) is 14.9. The molecule has 0 amide bonds. The molecule has 0 saturated carbocycles. The first-order chi connectivity index (χ1) is 13.2. The number of carbonyl (C=O) groups is 1. The largest absolute Gasteiger partial charge is 0.465 e. The standard InChI is InChI=1S/C20H16B3IO2P/c1-26-20(25)18-13-12-15(21-22-23-24)14-19(18)27(16-8-4-2-5-9-16)17-10-6-3-7-11-17/h2-14H,1H3. The highest BCUT2D eigenvalue weighted by molar-refractivity contribution is 14.1. The first-order valence-electron chi connectivity index (χ1n) is 8.47. The number of hydrogen-bond acceptors (Lipinski definition) is 2. The van der Waals surface area contributed by atoms with Gasteiger partial charge in [-0.1, -0.05) is 78.3 Å². The molecule has 3 rings (SSSR count). The van der Waals surface area contributed by atoms with Gasteiger partial charge < -0.3 is 4.74 Å². The van der Waals surface area contributed by atoms with Gasteiger partial charge >= 0.3 is 5.97 Å². The van der Waals surface area contributed by atoms with Crippen molar-refractivity contribution in [3.05, 3.63) is 84.4 Å². The van der Waals surface area contributed by atoms with Crippen molar-refractivity contribution in [1.82, 2.24) is 0 Å². The predicted octanol–water partition coefficient (Wildman–Crippen LogP) is 2.15. The van der Waals surface area contributed by atoms with E-state index in [9.17, 15) is 4.79 Å². The van der Waals surface area contributed by atoms with Crippen LogP contribution in [0.3, 0.4) is 0 Å². The Morgan fingerprint density at radius 3 is 2.04 bits per heavy atom. The molecule has 0 spiro atoms. The van der Waals surface area contributed by atoms with Gasteiger partial charge in [0.25, 0.3) is 0 Å². The average molecular weight is 479 g/mol. The minimum atomic E-state index is -0.883. The number of rotatable bonds is 7. The van der Waals surface area contributed by atoms with Crippen molar-refractivity contribution in [1.29, 1.82) is 0 Å². The van der Waals surface area contributed by atoms with E-state index in [2.05, 4.69) is 52.7 Å². The molecule has 0 heterocycles. The molecule has 2 nitrogen and oxygen atoms in total. The maximum Gasteiger partial charge on any atom is 0.338 e. The van der Waals surface area contributed by atoms with E-state index >= 15 is 0 Å². The number of halogens is 1. The predicted molar refractivity (Wildman–Crippen MR) is 127 cm³/mol. The first-order valence-corrected chi connectivity index (χ1v) is 11.1. The quantitative estimate of drug-likeness (QED) is 0.225. The number of ether oxygens (including phenoxy) is 1. The summed E-state index contributed by atoms with van der Waals surface area (Å²) in [5.41, 5.74) is 1.68. The van der Waals surface area contributed by atoms with Crippen molar-refractivity contribution >= 4 is 76.9 Å². The number of benzene rings is 3. The Labute approximate surface area is 177 Å². The molecule has 0 bridgehead atoms. The van der Waals surface area contributed by atoms with Gasteiger partial charge in [-0.25, -0.2) is 4.79 Å². The number of carbonyl (C=O) groups excluding carboxylic acids is 1. The lowest BCUT2D eigenvalue weighted by atomic mass is 9.26. The van der Waals surface area contributed by atoms with Crippen molar-refractivity contribution in [2.45, 2.75) is 0 Å². The summed E-state index contributed by atoms with van der Waals surface area (Å²) in [5, 5.41) is 5.36. The van der Waals surface area contributed by atoms with Gasteiger partial charge in [0.2, 0.25) is 0 Å². The molecule has 129 valence electrons.